The lowest BCUT2D eigenvalue weighted by Gasteiger charge is -2.20. The summed E-state index contributed by atoms with van der Waals surface area (Å²) in [6, 6.07) is 1.12. The first-order chi connectivity index (χ1) is 6.88. The highest BCUT2D eigenvalue weighted by molar-refractivity contribution is 9.10. The Bertz CT molecular complexity index is 429. The fourth-order valence-electron chi connectivity index (χ4n) is 1.20. The second kappa shape index (κ2) is 4.65. The molecule has 0 saturated carbocycles. The topological polar surface area (TPSA) is 85.3 Å². The Balaban J connectivity index is 3.06. The van der Waals surface area contributed by atoms with Crippen LogP contribution in [0.25, 0.3) is 0 Å². The van der Waals surface area contributed by atoms with Gasteiger partial charge in [0.1, 0.15) is 5.76 Å². The Morgan fingerprint density at radius 3 is 2.53 bits per heavy atom. The molecule has 0 amide bonds. The average Bonchev–Trinajstić information content (AvgIpc) is 2.52. The molecule has 0 aliphatic heterocycles. The van der Waals surface area contributed by atoms with E-state index < -0.39 is 21.1 Å². The quantitative estimate of drug-likeness (QED) is 0.639. The molecule has 1 aromatic rings. The minimum atomic E-state index is -3.18. The monoisotopic (exact) mass is 296 g/mol. The van der Waals surface area contributed by atoms with E-state index in [0.29, 0.717) is 10.2 Å². The Morgan fingerprint density at radius 1 is 1.60 bits per heavy atom. The maximum absolute atomic E-state index is 11.4. The Kier molecular flexibility index (Phi) is 3.93. The molecule has 0 saturated heterocycles. The van der Waals surface area contributed by atoms with Crippen molar-refractivity contribution >= 4 is 25.8 Å². The van der Waals surface area contributed by atoms with E-state index >= 15 is 0 Å². The van der Waals surface area contributed by atoms with Gasteiger partial charge >= 0.3 is 0 Å². The largest absolute Gasteiger partial charge is 0.466 e. The van der Waals surface area contributed by atoms with E-state index in [1.807, 2.05) is 0 Å². The van der Waals surface area contributed by atoms with E-state index in [2.05, 4.69) is 21.4 Å². The van der Waals surface area contributed by atoms with Gasteiger partial charge in [0.2, 0.25) is 0 Å². The molecule has 1 heterocycles. The summed E-state index contributed by atoms with van der Waals surface area (Å²) in [4.78, 5) is 0. The number of rotatable bonds is 4. The van der Waals surface area contributed by atoms with Crippen LogP contribution in [0.1, 0.15) is 18.7 Å². The summed E-state index contributed by atoms with van der Waals surface area (Å²) in [5.41, 5.74) is 2.45. The molecule has 0 fully saturated rings. The van der Waals surface area contributed by atoms with Gasteiger partial charge in [-0.25, -0.2) is 13.8 Å². The van der Waals surface area contributed by atoms with Gasteiger partial charge in [-0.1, -0.05) is 0 Å². The van der Waals surface area contributed by atoms with Crippen LogP contribution in [0.3, 0.4) is 0 Å². The second-order valence-electron chi connectivity index (χ2n) is 3.31. The van der Waals surface area contributed by atoms with Gasteiger partial charge in [0.15, 0.2) is 9.84 Å². The van der Waals surface area contributed by atoms with Gasteiger partial charge in [-0.3, -0.25) is 5.84 Å². The van der Waals surface area contributed by atoms with Crippen LogP contribution in [0, 0.1) is 0 Å². The highest BCUT2D eigenvalue weighted by atomic mass is 79.9. The minimum Gasteiger partial charge on any atom is -0.466 e. The van der Waals surface area contributed by atoms with Gasteiger partial charge < -0.3 is 4.42 Å². The van der Waals surface area contributed by atoms with Gasteiger partial charge in [0.25, 0.3) is 0 Å². The number of halogens is 1. The SMILES string of the molecule is CC(C(NN)c1occc1Br)S(C)(=O)=O. The van der Waals surface area contributed by atoms with Crippen molar-refractivity contribution in [3.63, 3.8) is 0 Å². The van der Waals surface area contributed by atoms with Gasteiger partial charge in [-0.2, -0.15) is 0 Å². The van der Waals surface area contributed by atoms with Crippen LogP contribution < -0.4 is 11.3 Å². The Labute approximate surface area is 97.0 Å². The zero-order valence-corrected chi connectivity index (χ0v) is 10.8. The van der Waals surface area contributed by atoms with Gasteiger partial charge in [0.05, 0.1) is 22.0 Å². The van der Waals surface area contributed by atoms with E-state index in [1.54, 1.807) is 13.0 Å². The van der Waals surface area contributed by atoms with Gasteiger partial charge in [-0.15, -0.1) is 0 Å². The second-order valence-corrected chi connectivity index (χ2v) is 6.57. The molecule has 1 aromatic heterocycles. The fraction of sp³-hybridized carbons (Fsp3) is 0.500. The lowest BCUT2D eigenvalue weighted by molar-refractivity contribution is 0.405. The number of nitrogens with two attached hydrogens (primary N) is 1. The predicted molar refractivity (Wildman–Crippen MR) is 60.8 cm³/mol. The molecular formula is C8H13BrN2O3S. The molecule has 0 radical (unpaired) electrons. The van der Waals surface area contributed by atoms with E-state index in [1.165, 1.54) is 12.5 Å². The summed E-state index contributed by atoms with van der Waals surface area (Å²) in [6.45, 7) is 1.58. The van der Waals surface area contributed by atoms with Crippen LogP contribution in [0.4, 0.5) is 0 Å². The Hall–Kier alpha value is -0.370. The lowest BCUT2D eigenvalue weighted by atomic mass is 10.2. The van der Waals surface area contributed by atoms with Crippen LogP contribution >= 0.6 is 15.9 Å². The third-order valence-corrected chi connectivity index (χ3v) is 4.53. The first-order valence-corrected chi connectivity index (χ1v) is 7.00. The molecule has 0 aliphatic rings. The smallest absolute Gasteiger partial charge is 0.152 e. The number of sulfone groups is 1. The number of hydrogen-bond acceptors (Lipinski definition) is 5. The molecule has 86 valence electrons. The first-order valence-electron chi connectivity index (χ1n) is 4.25. The number of furan rings is 1. The van der Waals surface area contributed by atoms with Crippen LogP contribution in [0.15, 0.2) is 21.2 Å². The third-order valence-electron chi connectivity index (χ3n) is 2.25. The minimum absolute atomic E-state index is 0.482. The van der Waals surface area contributed by atoms with Crippen molar-refractivity contribution in [3.8, 4) is 0 Å². The molecule has 5 nitrogen and oxygen atoms in total. The summed E-state index contributed by atoms with van der Waals surface area (Å²) in [5.74, 6) is 5.82. The highest BCUT2D eigenvalue weighted by Crippen LogP contribution is 2.28. The predicted octanol–water partition coefficient (Wildman–Crippen LogP) is 0.980. The highest BCUT2D eigenvalue weighted by Gasteiger charge is 2.30. The number of nitrogens with one attached hydrogen (secondary N) is 1. The molecule has 15 heavy (non-hydrogen) atoms. The third kappa shape index (κ3) is 2.81. The molecule has 7 heteroatoms. The molecule has 2 unspecified atom stereocenters. The standard InChI is InChI=1S/C8H13BrN2O3S/c1-5(15(2,12)13)7(11-10)8-6(9)3-4-14-8/h3-5,7,11H,10H2,1-2H3. The molecule has 2 atom stereocenters. The maximum atomic E-state index is 11.4. The average molecular weight is 297 g/mol. The van der Waals surface area contributed by atoms with Crippen molar-refractivity contribution in [2.75, 3.05) is 6.26 Å². The van der Waals surface area contributed by atoms with E-state index in [9.17, 15) is 8.42 Å². The summed E-state index contributed by atoms with van der Waals surface area (Å²) < 4.78 is 28.6. The summed E-state index contributed by atoms with van der Waals surface area (Å²) in [5, 5.41) is -0.662. The van der Waals surface area contributed by atoms with Crippen molar-refractivity contribution in [1.82, 2.24) is 5.43 Å². The molecule has 0 aliphatic carbocycles. The fourth-order valence-corrected chi connectivity index (χ4v) is 2.34. The zero-order valence-electron chi connectivity index (χ0n) is 8.40. The summed E-state index contributed by atoms with van der Waals surface area (Å²) in [7, 11) is -3.18. The molecule has 0 aromatic carbocycles. The van der Waals surface area contributed by atoms with Crippen molar-refractivity contribution in [3.05, 3.63) is 22.6 Å². The maximum Gasteiger partial charge on any atom is 0.152 e. The normalized spacial score (nSPS) is 16.3. The summed E-state index contributed by atoms with van der Waals surface area (Å²) >= 11 is 3.26. The van der Waals surface area contributed by atoms with E-state index in [-0.39, 0.29) is 0 Å². The van der Waals surface area contributed by atoms with Crippen molar-refractivity contribution in [2.24, 2.45) is 5.84 Å². The zero-order chi connectivity index (χ0) is 11.6. The number of hydrogen-bond donors (Lipinski definition) is 2. The van der Waals surface area contributed by atoms with Gasteiger partial charge in [0, 0.05) is 6.26 Å². The molecule has 1 rings (SSSR count). The molecule has 3 N–H and O–H groups in total. The van der Waals surface area contributed by atoms with E-state index in [4.69, 9.17) is 10.3 Å². The van der Waals surface area contributed by atoms with Crippen molar-refractivity contribution in [2.45, 2.75) is 18.2 Å². The molecular weight excluding hydrogens is 284 g/mol. The van der Waals surface area contributed by atoms with Crippen LogP contribution in [-0.4, -0.2) is 19.9 Å². The van der Waals surface area contributed by atoms with Crippen LogP contribution in [0.2, 0.25) is 0 Å². The summed E-state index contributed by atoms with van der Waals surface area (Å²) in [6.07, 6.45) is 2.64. The van der Waals surface area contributed by atoms with Crippen molar-refractivity contribution in [1.29, 1.82) is 0 Å². The van der Waals surface area contributed by atoms with Crippen LogP contribution in [-0.2, 0) is 9.84 Å². The lowest BCUT2D eigenvalue weighted by Crippen LogP contribution is -2.38. The van der Waals surface area contributed by atoms with Crippen molar-refractivity contribution < 1.29 is 12.8 Å². The molecule has 0 spiro atoms. The first kappa shape index (κ1) is 12.7. The van der Waals surface area contributed by atoms with E-state index in [0.717, 1.165) is 0 Å². The van der Waals surface area contributed by atoms with Crippen LogP contribution in [0.5, 0.6) is 0 Å². The Morgan fingerprint density at radius 2 is 2.20 bits per heavy atom. The number of hydrazine groups is 1. The molecule has 0 bridgehead atoms. The van der Waals surface area contributed by atoms with Gasteiger partial charge in [-0.05, 0) is 28.9 Å².